The predicted molar refractivity (Wildman–Crippen MR) is 239 cm³/mol. The monoisotopic (exact) mass is 728 g/mol. The van der Waals surface area contributed by atoms with E-state index in [0.717, 1.165) is 72.5 Å². The van der Waals surface area contributed by atoms with E-state index in [1.165, 1.54) is 27.4 Å². The van der Waals surface area contributed by atoms with Gasteiger partial charge in [-0.05, 0) is 82.4 Å². The number of rotatable bonds is 7. The Bertz CT molecular complexity index is 3230. The molecule has 0 bridgehead atoms. The molecule has 0 aliphatic heterocycles. The van der Waals surface area contributed by atoms with Gasteiger partial charge in [0.15, 0.2) is 5.58 Å². The quantitative estimate of drug-likeness (QED) is 0.163. The molecule has 0 fully saturated rings. The third-order valence-electron chi connectivity index (χ3n) is 11.2. The number of hydrogen-bond acceptors (Lipinski definition) is 2. The summed E-state index contributed by atoms with van der Waals surface area (Å²) in [4.78, 5) is 2.42. The van der Waals surface area contributed by atoms with Crippen LogP contribution < -0.4 is 4.90 Å². The van der Waals surface area contributed by atoms with Gasteiger partial charge in [-0.3, -0.25) is 0 Å². The molecule has 0 spiro atoms. The van der Waals surface area contributed by atoms with E-state index in [1.54, 1.807) is 0 Å². The van der Waals surface area contributed by atoms with Crippen molar-refractivity contribution in [1.82, 2.24) is 4.57 Å². The zero-order chi connectivity index (χ0) is 37.7. The van der Waals surface area contributed by atoms with Gasteiger partial charge in [0.25, 0.3) is 0 Å². The standard InChI is InChI=1S/C54H36N2O/c1-4-18-37(19-5-1)41-24-10-11-27-45(41)53-42(38-20-6-2-7-21-38)28-16-31-50(53)56(51-32-17-29-46-44-26-13-15-33-52(44)57-54(46)51)40-34-35-49-47(36-40)43-25-12-14-30-48(43)55(49)39-22-8-3-9-23-39/h1-36H. The Morgan fingerprint density at radius 2 is 0.930 bits per heavy atom. The van der Waals surface area contributed by atoms with Crippen LogP contribution >= 0.6 is 0 Å². The largest absolute Gasteiger partial charge is 0.454 e. The van der Waals surface area contributed by atoms with Crippen molar-refractivity contribution in [3.8, 4) is 39.1 Å². The van der Waals surface area contributed by atoms with E-state index in [2.05, 4.69) is 222 Å². The molecule has 0 saturated carbocycles. The van der Waals surface area contributed by atoms with E-state index in [-0.39, 0.29) is 0 Å². The molecular weight excluding hydrogens is 693 g/mol. The molecule has 0 amide bonds. The van der Waals surface area contributed by atoms with Crippen molar-refractivity contribution < 1.29 is 4.42 Å². The van der Waals surface area contributed by atoms with Crippen molar-refractivity contribution in [2.75, 3.05) is 4.90 Å². The third-order valence-corrected chi connectivity index (χ3v) is 11.2. The smallest absolute Gasteiger partial charge is 0.159 e. The summed E-state index contributed by atoms with van der Waals surface area (Å²) in [5.74, 6) is 0. The molecule has 0 aliphatic carbocycles. The van der Waals surface area contributed by atoms with Gasteiger partial charge in [-0.1, -0.05) is 164 Å². The van der Waals surface area contributed by atoms with E-state index in [0.29, 0.717) is 0 Å². The Morgan fingerprint density at radius 3 is 1.72 bits per heavy atom. The highest BCUT2D eigenvalue weighted by molar-refractivity contribution is 6.14. The van der Waals surface area contributed by atoms with Crippen LogP contribution in [-0.2, 0) is 0 Å². The number of fused-ring (bicyclic) bond motifs is 6. The maximum atomic E-state index is 6.83. The summed E-state index contributed by atoms with van der Waals surface area (Å²) < 4.78 is 9.21. The third kappa shape index (κ3) is 5.43. The van der Waals surface area contributed by atoms with Gasteiger partial charge in [-0.15, -0.1) is 0 Å². The Labute approximate surface area is 330 Å². The minimum atomic E-state index is 0.845. The van der Waals surface area contributed by atoms with E-state index in [9.17, 15) is 0 Å². The van der Waals surface area contributed by atoms with Crippen molar-refractivity contribution in [2.24, 2.45) is 0 Å². The number of furan rings is 1. The fourth-order valence-electron chi connectivity index (χ4n) is 8.71. The first kappa shape index (κ1) is 32.8. The maximum Gasteiger partial charge on any atom is 0.159 e. The zero-order valence-electron chi connectivity index (χ0n) is 31.1. The Balaban J connectivity index is 1.26. The molecule has 0 unspecified atom stereocenters. The molecule has 11 aromatic rings. The van der Waals surface area contributed by atoms with Gasteiger partial charge < -0.3 is 13.9 Å². The second kappa shape index (κ2) is 13.6. The van der Waals surface area contributed by atoms with E-state index in [4.69, 9.17) is 4.42 Å². The lowest BCUT2D eigenvalue weighted by molar-refractivity contribution is 0.669. The van der Waals surface area contributed by atoms with Crippen LogP contribution in [-0.4, -0.2) is 4.57 Å². The number of aromatic nitrogens is 1. The minimum Gasteiger partial charge on any atom is -0.454 e. The van der Waals surface area contributed by atoms with Crippen molar-refractivity contribution in [1.29, 1.82) is 0 Å². The highest BCUT2D eigenvalue weighted by atomic mass is 16.3. The second-order valence-corrected chi connectivity index (χ2v) is 14.5. The molecule has 0 radical (unpaired) electrons. The SMILES string of the molecule is c1ccc(-c2ccccc2-c2c(-c3ccccc3)cccc2N(c2ccc3c(c2)c2ccccc2n3-c2ccccc2)c2cccc3c2oc2ccccc23)cc1. The fraction of sp³-hybridized carbons (Fsp3) is 0. The molecule has 2 heterocycles. The number of nitrogens with zero attached hydrogens (tertiary/aromatic N) is 2. The van der Waals surface area contributed by atoms with Crippen molar-refractivity contribution in [3.05, 3.63) is 218 Å². The van der Waals surface area contributed by atoms with Crippen molar-refractivity contribution in [2.45, 2.75) is 0 Å². The first-order chi connectivity index (χ1) is 28.3. The lowest BCUT2D eigenvalue weighted by Crippen LogP contribution is -2.12. The molecule has 11 rings (SSSR count). The normalized spacial score (nSPS) is 11.5. The zero-order valence-corrected chi connectivity index (χ0v) is 31.1. The van der Waals surface area contributed by atoms with Gasteiger partial charge >= 0.3 is 0 Å². The van der Waals surface area contributed by atoms with E-state index in [1.807, 2.05) is 6.07 Å². The summed E-state index contributed by atoms with van der Waals surface area (Å²) in [6.07, 6.45) is 0. The van der Waals surface area contributed by atoms with Gasteiger partial charge in [-0.25, -0.2) is 0 Å². The molecular formula is C54H36N2O. The first-order valence-corrected chi connectivity index (χ1v) is 19.4. The molecule has 2 aromatic heterocycles. The summed E-state index contributed by atoms with van der Waals surface area (Å²) in [5, 5.41) is 4.57. The van der Waals surface area contributed by atoms with Gasteiger partial charge in [0.2, 0.25) is 0 Å². The molecule has 0 atom stereocenters. The number of para-hydroxylation sites is 4. The van der Waals surface area contributed by atoms with E-state index >= 15 is 0 Å². The Kier molecular flexibility index (Phi) is 7.82. The molecule has 57 heavy (non-hydrogen) atoms. The summed E-state index contributed by atoms with van der Waals surface area (Å²) in [6, 6.07) is 78.1. The Hall–Kier alpha value is -7.62. The van der Waals surface area contributed by atoms with E-state index < -0.39 is 0 Å². The highest BCUT2D eigenvalue weighted by Gasteiger charge is 2.26. The van der Waals surface area contributed by atoms with Crippen LogP contribution in [0.25, 0.3) is 82.8 Å². The van der Waals surface area contributed by atoms with Crippen LogP contribution in [0.4, 0.5) is 17.1 Å². The van der Waals surface area contributed by atoms with Crippen LogP contribution in [0.5, 0.6) is 0 Å². The van der Waals surface area contributed by atoms with Crippen molar-refractivity contribution in [3.63, 3.8) is 0 Å². The highest BCUT2D eigenvalue weighted by Crippen LogP contribution is 2.50. The average molecular weight is 729 g/mol. The number of benzene rings is 9. The van der Waals surface area contributed by atoms with Crippen LogP contribution in [0.3, 0.4) is 0 Å². The van der Waals surface area contributed by atoms with Crippen LogP contribution in [0.1, 0.15) is 0 Å². The molecule has 9 aromatic carbocycles. The minimum absolute atomic E-state index is 0.845. The van der Waals surface area contributed by atoms with Gasteiger partial charge in [0.05, 0.1) is 22.4 Å². The molecule has 268 valence electrons. The topological polar surface area (TPSA) is 21.3 Å². The van der Waals surface area contributed by atoms with Gasteiger partial charge in [-0.2, -0.15) is 0 Å². The average Bonchev–Trinajstić information content (AvgIpc) is 3.84. The van der Waals surface area contributed by atoms with Gasteiger partial charge in [0, 0.05) is 38.5 Å². The van der Waals surface area contributed by atoms with Crippen LogP contribution in [0, 0.1) is 0 Å². The number of hydrogen-bond donors (Lipinski definition) is 0. The van der Waals surface area contributed by atoms with Crippen LogP contribution in [0.2, 0.25) is 0 Å². The summed E-state index contributed by atoms with van der Waals surface area (Å²) in [7, 11) is 0. The molecule has 0 aliphatic rings. The molecule has 0 N–H and O–H groups in total. The summed E-state index contributed by atoms with van der Waals surface area (Å²) in [6.45, 7) is 0. The summed E-state index contributed by atoms with van der Waals surface area (Å²) >= 11 is 0. The fourth-order valence-corrected chi connectivity index (χ4v) is 8.71. The Morgan fingerprint density at radius 1 is 0.368 bits per heavy atom. The molecule has 0 saturated heterocycles. The second-order valence-electron chi connectivity index (χ2n) is 14.5. The molecule has 3 nitrogen and oxygen atoms in total. The lowest BCUT2D eigenvalue weighted by Gasteiger charge is -2.30. The maximum absolute atomic E-state index is 6.83. The van der Waals surface area contributed by atoms with Crippen LogP contribution in [0.15, 0.2) is 223 Å². The van der Waals surface area contributed by atoms with Gasteiger partial charge in [0.1, 0.15) is 5.58 Å². The predicted octanol–water partition coefficient (Wildman–Crippen LogP) is 15.2. The first-order valence-electron chi connectivity index (χ1n) is 19.4. The molecule has 3 heteroatoms. The summed E-state index contributed by atoms with van der Waals surface area (Å²) in [5.41, 5.74) is 15.2. The van der Waals surface area contributed by atoms with Crippen molar-refractivity contribution >= 4 is 60.8 Å². The lowest BCUT2D eigenvalue weighted by atomic mass is 9.87. The number of anilines is 3.